The quantitative estimate of drug-likeness (QED) is 0.507. The Morgan fingerprint density at radius 2 is 1.77 bits per heavy atom. The lowest BCUT2D eigenvalue weighted by Gasteiger charge is -2.23. The summed E-state index contributed by atoms with van der Waals surface area (Å²) >= 11 is 0. The van der Waals surface area contributed by atoms with Crippen molar-refractivity contribution in [3.8, 4) is 0 Å². The summed E-state index contributed by atoms with van der Waals surface area (Å²) in [6.07, 6.45) is -0.897. The summed E-state index contributed by atoms with van der Waals surface area (Å²) in [5.41, 5.74) is 0.259. The van der Waals surface area contributed by atoms with Crippen molar-refractivity contribution < 1.29 is 22.9 Å². The van der Waals surface area contributed by atoms with E-state index in [0.29, 0.717) is 11.3 Å². The van der Waals surface area contributed by atoms with Gasteiger partial charge in [0.1, 0.15) is 5.69 Å². The molecule has 2 aromatic carbocycles. The van der Waals surface area contributed by atoms with Gasteiger partial charge >= 0.3 is 6.18 Å². The van der Waals surface area contributed by atoms with Crippen LogP contribution in [0.15, 0.2) is 42.5 Å². The van der Waals surface area contributed by atoms with Gasteiger partial charge in [0, 0.05) is 30.3 Å². The van der Waals surface area contributed by atoms with E-state index in [1.807, 2.05) is 0 Å². The fraction of sp³-hybridized carbons (Fsp3) is 0.381. The zero-order valence-corrected chi connectivity index (χ0v) is 16.0. The van der Waals surface area contributed by atoms with Crippen molar-refractivity contribution >= 4 is 17.3 Å². The second-order valence-corrected chi connectivity index (χ2v) is 7.77. The van der Waals surface area contributed by atoms with Crippen LogP contribution in [0.25, 0.3) is 0 Å². The molecule has 0 heterocycles. The van der Waals surface area contributed by atoms with Crippen LogP contribution in [0.3, 0.4) is 0 Å². The number of hydrogen-bond donors (Lipinski definition) is 1. The summed E-state index contributed by atoms with van der Waals surface area (Å²) in [5, 5.41) is 14.6. The number of carbonyl (C=O) groups is 1. The van der Waals surface area contributed by atoms with Crippen LogP contribution in [0.5, 0.6) is 0 Å². The van der Waals surface area contributed by atoms with Crippen molar-refractivity contribution in [1.82, 2.24) is 4.90 Å². The van der Waals surface area contributed by atoms with Crippen molar-refractivity contribution in [1.29, 1.82) is 0 Å². The third kappa shape index (κ3) is 4.55. The highest BCUT2D eigenvalue weighted by atomic mass is 19.4. The summed E-state index contributed by atoms with van der Waals surface area (Å²) in [5.74, 6) is -0.363. The zero-order valence-electron chi connectivity index (χ0n) is 16.0. The minimum Gasteiger partial charge on any atom is -0.377 e. The summed E-state index contributed by atoms with van der Waals surface area (Å²) in [4.78, 5) is 25.6. The lowest BCUT2D eigenvalue weighted by Crippen LogP contribution is -2.32. The van der Waals surface area contributed by atoms with E-state index in [9.17, 15) is 28.1 Å². The van der Waals surface area contributed by atoms with Crippen LogP contribution in [0.1, 0.15) is 47.2 Å². The Balaban J connectivity index is 1.55. The molecule has 2 aliphatic rings. The van der Waals surface area contributed by atoms with Crippen molar-refractivity contribution in [3.63, 3.8) is 0 Å². The maximum Gasteiger partial charge on any atom is 0.416 e. The van der Waals surface area contributed by atoms with Crippen LogP contribution in [0.2, 0.25) is 0 Å². The monoisotopic (exact) mass is 419 g/mol. The summed E-state index contributed by atoms with van der Waals surface area (Å²) in [7, 11) is 0. The molecule has 0 atom stereocenters. The van der Waals surface area contributed by atoms with Crippen molar-refractivity contribution in [2.75, 3.05) is 5.32 Å². The number of alkyl halides is 3. The van der Waals surface area contributed by atoms with E-state index in [4.69, 9.17) is 0 Å². The van der Waals surface area contributed by atoms with Gasteiger partial charge < -0.3 is 10.2 Å². The number of nitro groups is 1. The van der Waals surface area contributed by atoms with Gasteiger partial charge in [-0.2, -0.15) is 13.2 Å². The topological polar surface area (TPSA) is 75.5 Å². The molecule has 9 heteroatoms. The van der Waals surface area contributed by atoms with E-state index < -0.39 is 16.7 Å². The molecule has 4 rings (SSSR count). The zero-order chi connectivity index (χ0) is 21.5. The standard InChI is InChI=1S/C21H20F3N3O3/c22-21(23,24)15-4-1-13(2-5-15)12-26(17-8-9-17)20(28)14-3-10-18(25-16-6-7-16)19(11-14)27(29)30/h1-5,10-11,16-17,25H,6-9,12H2. The molecule has 2 fully saturated rings. The second kappa shape index (κ2) is 7.62. The maximum atomic E-state index is 13.1. The van der Waals surface area contributed by atoms with Crippen molar-refractivity contribution in [2.24, 2.45) is 0 Å². The van der Waals surface area contributed by atoms with Gasteiger partial charge in [-0.25, -0.2) is 0 Å². The van der Waals surface area contributed by atoms with Crippen LogP contribution in [-0.4, -0.2) is 27.8 Å². The van der Waals surface area contributed by atoms with E-state index in [0.717, 1.165) is 37.8 Å². The Labute approximate surface area is 170 Å². The minimum atomic E-state index is -4.42. The van der Waals surface area contributed by atoms with Crippen LogP contribution in [0.4, 0.5) is 24.5 Å². The van der Waals surface area contributed by atoms with Gasteiger partial charge in [-0.1, -0.05) is 12.1 Å². The lowest BCUT2D eigenvalue weighted by atomic mass is 10.1. The largest absolute Gasteiger partial charge is 0.416 e. The molecule has 30 heavy (non-hydrogen) atoms. The highest BCUT2D eigenvalue weighted by Gasteiger charge is 2.35. The molecule has 1 amide bonds. The van der Waals surface area contributed by atoms with Crippen molar-refractivity contribution in [3.05, 3.63) is 69.3 Å². The molecular weight excluding hydrogens is 399 g/mol. The maximum absolute atomic E-state index is 13.1. The first kappa shape index (κ1) is 20.2. The number of nitrogens with one attached hydrogen (secondary N) is 1. The SMILES string of the molecule is O=C(c1ccc(NC2CC2)c([N+](=O)[O-])c1)N(Cc1ccc(C(F)(F)F)cc1)C1CC1. The molecule has 0 aromatic heterocycles. The van der Waals surface area contributed by atoms with E-state index in [1.165, 1.54) is 18.2 Å². The molecular formula is C21H20F3N3O3. The summed E-state index contributed by atoms with van der Waals surface area (Å²) < 4.78 is 38.3. The molecule has 0 unspecified atom stereocenters. The highest BCUT2D eigenvalue weighted by Crippen LogP contribution is 2.34. The molecule has 158 valence electrons. The molecule has 0 radical (unpaired) electrons. The number of hydrogen-bond acceptors (Lipinski definition) is 4. The van der Waals surface area contributed by atoms with Crippen LogP contribution < -0.4 is 5.32 Å². The highest BCUT2D eigenvalue weighted by molar-refractivity contribution is 5.96. The molecule has 2 aromatic rings. The Morgan fingerprint density at radius 3 is 2.30 bits per heavy atom. The van der Waals surface area contributed by atoms with Crippen LogP contribution in [-0.2, 0) is 12.7 Å². The summed E-state index contributed by atoms with van der Waals surface area (Å²) in [6.45, 7) is 0.150. The molecule has 0 spiro atoms. The number of rotatable bonds is 7. The van der Waals surface area contributed by atoms with Gasteiger partial charge in [0.25, 0.3) is 11.6 Å². The van der Waals surface area contributed by atoms with Gasteiger partial charge in [0.2, 0.25) is 0 Å². The van der Waals surface area contributed by atoms with Gasteiger partial charge in [-0.05, 0) is 55.5 Å². The number of nitrogens with zero attached hydrogens (tertiary/aromatic N) is 2. The lowest BCUT2D eigenvalue weighted by molar-refractivity contribution is -0.384. The average Bonchev–Trinajstić information content (AvgIpc) is 3.60. The molecule has 6 nitrogen and oxygen atoms in total. The molecule has 0 aliphatic heterocycles. The van der Waals surface area contributed by atoms with Gasteiger partial charge in [0.15, 0.2) is 0 Å². The third-order valence-electron chi connectivity index (χ3n) is 5.26. The first-order valence-corrected chi connectivity index (χ1v) is 9.74. The Hall–Kier alpha value is -3.10. The fourth-order valence-electron chi connectivity index (χ4n) is 3.30. The predicted molar refractivity (Wildman–Crippen MR) is 104 cm³/mol. The predicted octanol–water partition coefficient (Wildman–Crippen LogP) is 4.99. The summed E-state index contributed by atoms with van der Waals surface area (Å²) in [6, 6.07) is 9.30. The second-order valence-electron chi connectivity index (χ2n) is 7.77. The molecule has 2 saturated carbocycles. The van der Waals surface area contributed by atoms with Gasteiger partial charge in [-0.3, -0.25) is 14.9 Å². The number of benzene rings is 2. The minimum absolute atomic E-state index is 0.0110. The normalized spacial score (nSPS) is 16.2. The molecule has 0 bridgehead atoms. The first-order chi connectivity index (χ1) is 14.2. The average molecular weight is 419 g/mol. The first-order valence-electron chi connectivity index (χ1n) is 9.74. The Bertz CT molecular complexity index is 968. The Kier molecular flexibility index (Phi) is 5.13. The van der Waals surface area contributed by atoms with Crippen LogP contribution >= 0.6 is 0 Å². The molecule has 1 N–H and O–H groups in total. The van der Waals surface area contributed by atoms with E-state index in [2.05, 4.69) is 5.32 Å². The van der Waals surface area contributed by atoms with Gasteiger partial charge in [-0.15, -0.1) is 0 Å². The smallest absolute Gasteiger partial charge is 0.377 e. The molecule has 2 aliphatic carbocycles. The third-order valence-corrected chi connectivity index (χ3v) is 5.26. The fourth-order valence-corrected chi connectivity index (χ4v) is 3.30. The van der Waals surface area contributed by atoms with Gasteiger partial charge in [0.05, 0.1) is 10.5 Å². The number of carbonyl (C=O) groups excluding carboxylic acids is 1. The number of anilines is 1. The van der Waals surface area contributed by atoms with E-state index in [1.54, 1.807) is 17.0 Å². The number of halogens is 3. The van der Waals surface area contributed by atoms with Crippen molar-refractivity contribution in [2.45, 2.75) is 50.5 Å². The van der Waals surface area contributed by atoms with E-state index in [-0.39, 0.29) is 35.8 Å². The Morgan fingerprint density at radius 1 is 1.10 bits per heavy atom. The number of amides is 1. The van der Waals surface area contributed by atoms with E-state index >= 15 is 0 Å². The molecule has 0 saturated heterocycles. The van der Waals surface area contributed by atoms with Crippen LogP contribution in [0, 0.1) is 10.1 Å². The number of nitro benzene ring substituents is 1.